The van der Waals surface area contributed by atoms with Gasteiger partial charge in [-0.2, -0.15) is 13.2 Å². The number of aliphatic carboxylic acids is 1. The number of sulfonamides is 1. The summed E-state index contributed by atoms with van der Waals surface area (Å²) in [7, 11) is -3.89. The number of aryl methyl sites for hydroxylation is 2. The summed E-state index contributed by atoms with van der Waals surface area (Å²) < 4.78 is 59.7. The first-order valence-electron chi connectivity index (χ1n) is 10.9. The molecule has 198 valence electrons. The average Bonchev–Trinajstić information content (AvgIpc) is 2.80. The van der Waals surface area contributed by atoms with Crippen LogP contribution in [-0.2, 0) is 14.8 Å². The number of carbonyl (C=O) groups is 2. The molecule has 0 aliphatic carbocycles. The third-order valence-corrected chi connectivity index (χ3v) is 7.06. The number of carboxylic acid groups (broad SMARTS) is 2. The number of hydrogen-bond donors (Lipinski definition) is 3. The van der Waals surface area contributed by atoms with Gasteiger partial charge in [-0.15, -0.1) is 0 Å². The third kappa shape index (κ3) is 7.59. The molecule has 0 spiro atoms. The molecule has 13 heteroatoms. The molecule has 3 rings (SSSR count). The number of rotatable bonds is 6. The first-order valence-corrected chi connectivity index (χ1v) is 12.4. The number of piperazine rings is 1. The molecule has 0 atom stereocenters. The van der Waals surface area contributed by atoms with Gasteiger partial charge in [-0.3, -0.25) is 4.72 Å². The van der Waals surface area contributed by atoms with Crippen molar-refractivity contribution < 1.29 is 41.4 Å². The van der Waals surface area contributed by atoms with Crippen molar-refractivity contribution >= 4 is 33.3 Å². The lowest BCUT2D eigenvalue weighted by Gasteiger charge is -2.35. The van der Waals surface area contributed by atoms with Gasteiger partial charge in [-0.05, 0) is 61.9 Å². The molecule has 1 heterocycles. The molecular weight excluding hydrogens is 503 g/mol. The van der Waals surface area contributed by atoms with E-state index in [0.717, 1.165) is 49.5 Å². The minimum absolute atomic E-state index is 0.0617. The number of nitrogens with one attached hydrogen (secondary N) is 1. The highest BCUT2D eigenvalue weighted by atomic mass is 32.2. The minimum Gasteiger partial charge on any atom is -0.478 e. The van der Waals surface area contributed by atoms with Crippen molar-refractivity contribution in [1.82, 2.24) is 4.90 Å². The lowest BCUT2D eigenvalue weighted by atomic mass is 10.1. The van der Waals surface area contributed by atoms with Crippen molar-refractivity contribution in [3.8, 4) is 0 Å². The van der Waals surface area contributed by atoms with Crippen LogP contribution in [0.4, 0.5) is 24.5 Å². The molecular formula is C23H28F3N3O6S. The molecule has 0 radical (unpaired) electrons. The van der Waals surface area contributed by atoms with Crippen LogP contribution in [0.3, 0.4) is 0 Å². The van der Waals surface area contributed by atoms with Gasteiger partial charge in [0, 0.05) is 31.9 Å². The number of benzene rings is 2. The zero-order valence-electron chi connectivity index (χ0n) is 20.0. The van der Waals surface area contributed by atoms with E-state index < -0.39 is 28.1 Å². The van der Waals surface area contributed by atoms with E-state index in [1.807, 2.05) is 13.8 Å². The second-order valence-electron chi connectivity index (χ2n) is 8.11. The van der Waals surface area contributed by atoms with Gasteiger partial charge < -0.3 is 20.0 Å². The van der Waals surface area contributed by atoms with Crippen molar-refractivity contribution in [3.05, 3.63) is 53.1 Å². The smallest absolute Gasteiger partial charge is 0.478 e. The van der Waals surface area contributed by atoms with Crippen molar-refractivity contribution in [1.29, 1.82) is 0 Å². The molecule has 1 saturated heterocycles. The topological polar surface area (TPSA) is 127 Å². The van der Waals surface area contributed by atoms with E-state index in [1.54, 1.807) is 24.3 Å². The van der Waals surface area contributed by atoms with E-state index in [2.05, 4.69) is 21.4 Å². The summed E-state index contributed by atoms with van der Waals surface area (Å²) in [6.07, 6.45) is -5.08. The summed E-state index contributed by atoms with van der Waals surface area (Å²) >= 11 is 0. The van der Waals surface area contributed by atoms with Crippen molar-refractivity contribution in [2.24, 2.45) is 0 Å². The molecule has 0 amide bonds. The molecule has 1 aliphatic rings. The Morgan fingerprint density at radius 1 is 0.972 bits per heavy atom. The molecule has 3 N–H and O–H groups in total. The highest BCUT2D eigenvalue weighted by Gasteiger charge is 2.38. The van der Waals surface area contributed by atoms with Gasteiger partial charge in [0.15, 0.2) is 0 Å². The van der Waals surface area contributed by atoms with Crippen molar-refractivity contribution in [2.75, 3.05) is 42.3 Å². The summed E-state index contributed by atoms with van der Waals surface area (Å²) in [6, 6.07) is 9.69. The SMILES string of the molecule is CCN1CCN(c2ccc(NS(=O)(=O)c3ccc(C)c(C)c3)c(C(=O)O)c2)CC1.O=C(O)C(F)(F)F. The van der Waals surface area contributed by atoms with E-state index in [1.165, 1.54) is 12.1 Å². The quantitative estimate of drug-likeness (QED) is 0.516. The number of aromatic carboxylic acids is 1. The maximum atomic E-state index is 12.8. The number of alkyl halides is 3. The molecule has 1 aliphatic heterocycles. The Morgan fingerprint density at radius 2 is 1.56 bits per heavy atom. The van der Waals surface area contributed by atoms with E-state index in [9.17, 15) is 31.5 Å². The fraction of sp³-hybridized carbons (Fsp3) is 0.391. The summed E-state index contributed by atoms with van der Waals surface area (Å²) in [5.74, 6) is -3.93. The maximum absolute atomic E-state index is 12.8. The van der Waals surface area contributed by atoms with E-state index in [-0.39, 0.29) is 16.1 Å². The second-order valence-corrected chi connectivity index (χ2v) is 9.79. The first-order chi connectivity index (χ1) is 16.7. The van der Waals surface area contributed by atoms with Gasteiger partial charge in [-0.25, -0.2) is 18.0 Å². The maximum Gasteiger partial charge on any atom is 0.490 e. The van der Waals surface area contributed by atoms with E-state index in [0.29, 0.717) is 0 Å². The predicted octanol–water partition coefficient (Wildman–Crippen LogP) is 3.58. The van der Waals surface area contributed by atoms with E-state index >= 15 is 0 Å². The Kier molecular flexibility index (Phi) is 9.32. The number of likely N-dealkylation sites (N-methyl/N-ethyl adjacent to an activating group) is 1. The summed E-state index contributed by atoms with van der Waals surface area (Å²) in [6.45, 7) is 10.3. The summed E-state index contributed by atoms with van der Waals surface area (Å²) in [4.78, 5) is 25.3. The molecule has 36 heavy (non-hydrogen) atoms. The Bertz CT molecular complexity index is 1210. The van der Waals surface area contributed by atoms with Crippen LogP contribution in [0, 0.1) is 13.8 Å². The van der Waals surface area contributed by atoms with Gasteiger partial charge in [0.25, 0.3) is 10.0 Å². The van der Waals surface area contributed by atoms with Crippen LogP contribution in [0.5, 0.6) is 0 Å². The Hall–Kier alpha value is -3.32. The molecule has 1 fully saturated rings. The highest BCUT2D eigenvalue weighted by molar-refractivity contribution is 7.92. The van der Waals surface area contributed by atoms with Gasteiger partial charge in [0.05, 0.1) is 16.1 Å². The van der Waals surface area contributed by atoms with Gasteiger partial charge in [0.1, 0.15) is 0 Å². The minimum atomic E-state index is -5.08. The number of hydrogen-bond acceptors (Lipinski definition) is 6. The van der Waals surface area contributed by atoms with Crippen LogP contribution in [0.1, 0.15) is 28.4 Å². The lowest BCUT2D eigenvalue weighted by molar-refractivity contribution is -0.192. The number of carboxylic acids is 2. The van der Waals surface area contributed by atoms with Crippen LogP contribution in [-0.4, -0.2) is 74.4 Å². The van der Waals surface area contributed by atoms with Crippen molar-refractivity contribution in [2.45, 2.75) is 31.8 Å². The van der Waals surface area contributed by atoms with Crippen LogP contribution in [0.25, 0.3) is 0 Å². The van der Waals surface area contributed by atoms with Gasteiger partial charge in [-0.1, -0.05) is 13.0 Å². The standard InChI is InChI=1S/C21H27N3O4S.C2HF3O2/c1-4-23-9-11-24(12-10-23)17-6-8-20(19(14-17)21(25)26)22-29(27,28)18-7-5-15(2)16(3)13-18;3-2(4,5)1(6)7/h5-8,13-14,22H,4,9-12H2,1-3H3,(H,25,26);(H,6,7). The van der Waals surface area contributed by atoms with Crippen LogP contribution < -0.4 is 9.62 Å². The average molecular weight is 532 g/mol. The monoisotopic (exact) mass is 531 g/mol. The number of anilines is 2. The predicted molar refractivity (Wildman–Crippen MR) is 128 cm³/mol. The molecule has 0 bridgehead atoms. The number of halogens is 3. The third-order valence-electron chi connectivity index (χ3n) is 5.69. The Morgan fingerprint density at radius 3 is 2.03 bits per heavy atom. The van der Waals surface area contributed by atoms with Crippen LogP contribution in [0.2, 0.25) is 0 Å². The summed E-state index contributed by atoms with van der Waals surface area (Å²) in [5, 5.41) is 16.8. The van der Waals surface area contributed by atoms with Gasteiger partial charge >= 0.3 is 18.1 Å². The van der Waals surface area contributed by atoms with Crippen LogP contribution >= 0.6 is 0 Å². The molecule has 0 unspecified atom stereocenters. The summed E-state index contributed by atoms with van der Waals surface area (Å²) in [5.41, 5.74) is 2.63. The second kappa shape index (κ2) is 11.6. The lowest BCUT2D eigenvalue weighted by Crippen LogP contribution is -2.46. The zero-order valence-corrected chi connectivity index (χ0v) is 20.8. The van der Waals surface area contributed by atoms with Crippen LogP contribution in [0.15, 0.2) is 41.3 Å². The fourth-order valence-electron chi connectivity index (χ4n) is 3.40. The zero-order chi connectivity index (χ0) is 27.3. The molecule has 0 aromatic heterocycles. The largest absolute Gasteiger partial charge is 0.490 e. The van der Waals surface area contributed by atoms with Crippen molar-refractivity contribution in [3.63, 3.8) is 0 Å². The number of nitrogens with zero attached hydrogens (tertiary/aromatic N) is 2. The molecule has 2 aromatic rings. The Balaban J connectivity index is 0.000000572. The molecule has 9 nitrogen and oxygen atoms in total. The first kappa shape index (κ1) is 28.9. The molecule has 2 aromatic carbocycles. The Labute approximate surface area is 207 Å². The fourth-order valence-corrected chi connectivity index (χ4v) is 4.57. The van der Waals surface area contributed by atoms with E-state index in [4.69, 9.17) is 9.90 Å². The molecule has 0 saturated carbocycles. The highest BCUT2D eigenvalue weighted by Crippen LogP contribution is 2.27. The normalized spacial score (nSPS) is 14.6. The van der Waals surface area contributed by atoms with Gasteiger partial charge in [0.2, 0.25) is 0 Å².